The number of carbonyl (C=O) groups excluding carboxylic acids is 1. The standard InChI is InChI=1S/C20H21NO2/c1-14-7-6-12-21(13-14)20(22)19-15-8-2-4-10-17(15)23-18-11-5-3-9-16(18)19/h2-5,8-11,14,19H,6-7,12-13H2,1H3/t14-/m0/s1. The van der Waals surface area contributed by atoms with Gasteiger partial charge in [0.25, 0.3) is 0 Å². The highest BCUT2D eigenvalue weighted by Gasteiger charge is 2.36. The molecule has 2 aromatic rings. The predicted octanol–water partition coefficient (Wildman–Crippen LogP) is 4.18. The first kappa shape index (κ1) is 14.3. The zero-order chi connectivity index (χ0) is 15.8. The minimum absolute atomic E-state index is 0.208. The molecule has 1 atom stereocenters. The van der Waals surface area contributed by atoms with E-state index in [-0.39, 0.29) is 11.8 Å². The molecule has 23 heavy (non-hydrogen) atoms. The molecule has 4 rings (SSSR count). The van der Waals surface area contributed by atoms with E-state index in [1.165, 1.54) is 6.42 Å². The van der Waals surface area contributed by atoms with Crippen molar-refractivity contribution in [3.8, 4) is 11.5 Å². The summed E-state index contributed by atoms with van der Waals surface area (Å²) in [4.78, 5) is 15.3. The van der Waals surface area contributed by atoms with Crippen molar-refractivity contribution in [3.63, 3.8) is 0 Å². The van der Waals surface area contributed by atoms with Crippen molar-refractivity contribution in [2.75, 3.05) is 13.1 Å². The highest BCUT2D eigenvalue weighted by atomic mass is 16.5. The minimum Gasteiger partial charge on any atom is -0.457 e. The van der Waals surface area contributed by atoms with Gasteiger partial charge in [0.05, 0.1) is 5.92 Å². The Bertz CT molecular complexity index is 694. The fraction of sp³-hybridized carbons (Fsp3) is 0.350. The van der Waals surface area contributed by atoms with Gasteiger partial charge in [-0.25, -0.2) is 0 Å². The number of amides is 1. The van der Waals surface area contributed by atoms with Crippen molar-refractivity contribution in [2.24, 2.45) is 5.92 Å². The average Bonchev–Trinajstić information content (AvgIpc) is 2.59. The van der Waals surface area contributed by atoms with Gasteiger partial charge in [-0.15, -0.1) is 0 Å². The number of hydrogen-bond acceptors (Lipinski definition) is 2. The fourth-order valence-electron chi connectivity index (χ4n) is 3.75. The summed E-state index contributed by atoms with van der Waals surface area (Å²) in [7, 11) is 0. The van der Waals surface area contributed by atoms with Gasteiger partial charge in [-0.2, -0.15) is 0 Å². The highest BCUT2D eigenvalue weighted by molar-refractivity contribution is 5.89. The summed E-state index contributed by atoms with van der Waals surface area (Å²) in [6, 6.07) is 15.8. The Labute approximate surface area is 136 Å². The first-order chi connectivity index (χ1) is 11.2. The van der Waals surface area contributed by atoms with E-state index in [2.05, 4.69) is 6.92 Å². The molecule has 2 aromatic carbocycles. The average molecular weight is 307 g/mol. The van der Waals surface area contributed by atoms with Gasteiger partial charge >= 0.3 is 0 Å². The van der Waals surface area contributed by atoms with Crippen molar-refractivity contribution in [1.29, 1.82) is 0 Å². The second-order valence-corrected chi connectivity index (χ2v) is 6.64. The number of fused-ring (bicyclic) bond motifs is 2. The van der Waals surface area contributed by atoms with Crippen LogP contribution in [0.5, 0.6) is 11.5 Å². The molecule has 0 spiro atoms. The van der Waals surface area contributed by atoms with Crippen LogP contribution in [0, 0.1) is 5.92 Å². The summed E-state index contributed by atoms with van der Waals surface area (Å²) in [5, 5.41) is 0. The third kappa shape index (κ3) is 2.50. The summed E-state index contributed by atoms with van der Waals surface area (Å²) < 4.78 is 6.00. The summed E-state index contributed by atoms with van der Waals surface area (Å²) in [5.41, 5.74) is 1.96. The Morgan fingerprint density at radius 2 is 1.65 bits per heavy atom. The van der Waals surface area contributed by atoms with Crippen LogP contribution in [0.15, 0.2) is 48.5 Å². The number of benzene rings is 2. The van der Waals surface area contributed by atoms with Crippen LogP contribution in [0.2, 0.25) is 0 Å². The molecule has 2 aliphatic rings. The number of nitrogens with zero attached hydrogens (tertiary/aromatic N) is 1. The molecule has 1 fully saturated rings. The lowest BCUT2D eigenvalue weighted by Gasteiger charge is -2.36. The van der Waals surface area contributed by atoms with Crippen LogP contribution in [0.3, 0.4) is 0 Å². The van der Waals surface area contributed by atoms with Gasteiger partial charge in [-0.05, 0) is 30.9 Å². The number of hydrogen-bond donors (Lipinski definition) is 0. The minimum atomic E-state index is -0.249. The fourth-order valence-corrected chi connectivity index (χ4v) is 3.75. The van der Waals surface area contributed by atoms with Crippen molar-refractivity contribution in [2.45, 2.75) is 25.7 Å². The van der Waals surface area contributed by atoms with Crippen LogP contribution in [0.4, 0.5) is 0 Å². The van der Waals surface area contributed by atoms with Crippen LogP contribution in [0.25, 0.3) is 0 Å². The van der Waals surface area contributed by atoms with Crippen LogP contribution in [0.1, 0.15) is 36.8 Å². The van der Waals surface area contributed by atoms with Crippen molar-refractivity contribution < 1.29 is 9.53 Å². The van der Waals surface area contributed by atoms with Gasteiger partial charge in [0.2, 0.25) is 5.91 Å². The number of para-hydroxylation sites is 2. The van der Waals surface area contributed by atoms with Crippen LogP contribution in [-0.2, 0) is 4.79 Å². The van der Waals surface area contributed by atoms with Crippen LogP contribution >= 0.6 is 0 Å². The monoisotopic (exact) mass is 307 g/mol. The lowest BCUT2D eigenvalue weighted by molar-refractivity contribution is -0.133. The largest absolute Gasteiger partial charge is 0.457 e. The zero-order valence-electron chi connectivity index (χ0n) is 13.4. The van der Waals surface area contributed by atoms with Gasteiger partial charge < -0.3 is 9.64 Å². The van der Waals surface area contributed by atoms with Crippen molar-refractivity contribution in [3.05, 3.63) is 59.7 Å². The Hall–Kier alpha value is -2.29. The molecule has 0 radical (unpaired) electrons. The van der Waals surface area contributed by atoms with Gasteiger partial charge in [-0.1, -0.05) is 43.3 Å². The van der Waals surface area contributed by atoms with E-state index >= 15 is 0 Å². The van der Waals surface area contributed by atoms with E-state index in [4.69, 9.17) is 4.74 Å². The molecule has 0 saturated carbocycles. The van der Waals surface area contributed by atoms with Crippen molar-refractivity contribution >= 4 is 5.91 Å². The lowest BCUT2D eigenvalue weighted by atomic mass is 9.86. The summed E-state index contributed by atoms with van der Waals surface area (Å²) in [6.07, 6.45) is 2.31. The van der Waals surface area contributed by atoms with Gasteiger partial charge in [0, 0.05) is 24.2 Å². The van der Waals surface area contributed by atoms with Crippen molar-refractivity contribution in [1.82, 2.24) is 4.90 Å². The van der Waals surface area contributed by atoms with Gasteiger partial charge in [-0.3, -0.25) is 4.79 Å². The molecule has 0 bridgehead atoms. The summed E-state index contributed by atoms with van der Waals surface area (Å²) >= 11 is 0. The molecule has 3 nitrogen and oxygen atoms in total. The quantitative estimate of drug-likeness (QED) is 0.791. The maximum atomic E-state index is 13.3. The van der Waals surface area contributed by atoms with E-state index in [1.807, 2.05) is 53.4 Å². The Morgan fingerprint density at radius 1 is 1.04 bits per heavy atom. The van der Waals surface area contributed by atoms with E-state index in [0.717, 1.165) is 42.1 Å². The predicted molar refractivity (Wildman–Crippen MR) is 89.8 cm³/mol. The third-order valence-electron chi connectivity index (χ3n) is 4.90. The van der Waals surface area contributed by atoms with Crippen LogP contribution < -0.4 is 4.74 Å². The molecule has 0 aromatic heterocycles. The maximum Gasteiger partial charge on any atom is 0.234 e. The number of carbonyl (C=O) groups is 1. The molecule has 1 saturated heterocycles. The molecule has 118 valence electrons. The smallest absolute Gasteiger partial charge is 0.234 e. The summed E-state index contributed by atoms with van der Waals surface area (Å²) in [6.45, 7) is 3.96. The Balaban J connectivity index is 1.76. The molecule has 1 amide bonds. The molecule has 2 aliphatic heterocycles. The molecule has 3 heteroatoms. The highest BCUT2D eigenvalue weighted by Crippen LogP contribution is 2.44. The van der Waals surface area contributed by atoms with E-state index in [9.17, 15) is 4.79 Å². The third-order valence-corrected chi connectivity index (χ3v) is 4.90. The van der Waals surface area contributed by atoms with Crippen LogP contribution in [-0.4, -0.2) is 23.9 Å². The topological polar surface area (TPSA) is 29.5 Å². The molecule has 2 heterocycles. The van der Waals surface area contributed by atoms with Gasteiger partial charge in [0.1, 0.15) is 11.5 Å². The van der Waals surface area contributed by atoms with E-state index < -0.39 is 0 Å². The molecule has 0 aliphatic carbocycles. The maximum absolute atomic E-state index is 13.3. The first-order valence-electron chi connectivity index (χ1n) is 8.38. The SMILES string of the molecule is C[C@H]1CCCN(C(=O)C2c3ccccc3Oc3ccccc32)C1. The Morgan fingerprint density at radius 3 is 2.26 bits per heavy atom. The molecular formula is C20H21NO2. The number of likely N-dealkylation sites (tertiary alicyclic amines) is 1. The number of ether oxygens (including phenoxy) is 1. The zero-order valence-corrected chi connectivity index (χ0v) is 13.4. The normalized spacial score (nSPS) is 20.4. The number of rotatable bonds is 1. The number of piperidine rings is 1. The summed E-state index contributed by atoms with van der Waals surface area (Å²) in [5.74, 6) is 2.14. The second-order valence-electron chi connectivity index (χ2n) is 6.64. The Kier molecular flexibility index (Phi) is 3.56. The second kappa shape index (κ2) is 5.73. The lowest BCUT2D eigenvalue weighted by Crippen LogP contribution is -2.42. The van der Waals surface area contributed by atoms with E-state index in [1.54, 1.807) is 0 Å². The van der Waals surface area contributed by atoms with E-state index in [0.29, 0.717) is 5.92 Å². The molecular weight excluding hydrogens is 286 g/mol. The molecule has 0 N–H and O–H groups in total. The van der Waals surface area contributed by atoms with Gasteiger partial charge in [0.15, 0.2) is 0 Å². The first-order valence-corrected chi connectivity index (χ1v) is 8.38. The molecule has 0 unspecified atom stereocenters.